The van der Waals surface area contributed by atoms with Gasteiger partial charge in [0.15, 0.2) is 0 Å². The molecule has 0 heterocycles. The minimum Gasteiger partial charge on any atom is -0.494 e. The van der Waals surface area contributed by atoms with Gasteiger partial charge in [-0.15, -0.1) is 0 Å². The predicted octanol–water partition coefficient (Wildman–Crippen LogP) is 5.00. The van der Waals surface area contributed by atoms with Gasteiger partial charge in [-0.1, -0.05) is 23.2 Å². The lowest BCUT2D eigenvalue weighted by molar-refractivity contribution is -0.135. The van der Waals surface area contributed by atoms with Crippen LogP contribution in [-0.4, -0.2) is 18.4 Å². The molecule has 0 aliphatic rings. The van der Waals surface area contributed by atoms with Gasteiger partial charge in [-0.2, -0.15) is 0 Å². The smallest absolute Gasteiger partial charge is 0.239 e. The molecule has 0 bridgehead atoms. The van der Waals surface area contributed by atoms with E-state index in [9.17, 15) is 9.59 Å². The fraction of sp³-hybridized carbons (Fsp3) is 0.263. The molecule has 0 atom stereocenters. The molecular formula is C19H20Cl2N2O3. The fourth-order valence-electron chi connectivity index (χ4n) is 2.06. The molecule has 2 N–H and O–H groups in total. The van der Waals surface area contributed by atoms with Crippen molar-refractivity contribution in [1.29, 1.82) is 0 Å². The van der Waals surface area contributed by atoms with E-state index < -0.39 is 17.2 Å². The van der Waals surface area contributed by atoms with Crippen molar-refractivity contribution in [3.63, 3.8) is 0 Å². The topological polar surface area (TPSA) is 67.4 Å². The number of carbonyl (C=O) groups is 2. The van der Waals surface area contributed by atoms with Crippen molar-refractivity contribution in [2.45, 2.75) is 20.8 Å². The summed E-state index contributed by atoms with van der Waals surface area (Å²) in [6.07, 6.45) is 0. The normalized spacial score (nSPS) is 11.0. The Morgan fingerprint density at radius 1 is 1.00 bits per heavy atom. The lowest BCUT2D eigenvalue weighted by atomic mass is 9.90. The first-order valence-electron chi connectivity index (χ1n) is 8.05. The van der Waals surface area contributed by atoms with Crippen molar-refractivity contribution in [1.82, 2.24) is 0 Å². The number of amides is 2. The third kappa shape index (κ3) is 4.90. The Labute approximate surface area is 162 Å². The van der Waals surface area contributed by atoms with E-state index in [4.69, 9.17) is 27.9 Å². The SMILES string of the molecule is CCOc1ccc(NC(=O)C(C)(C)C(=O)Nc2ccc(Cl)cc2Cl)cc1. The van der Waals surface area contributed by atoms with Crippen molar-refractivity contribution < 1.29 is 14.3 Å². The molecule has 0 aliphatic carbocycles. The first-order valence-corrected chi connectivity index (χ1v) is 8.80. The highest BCUT2D eigenvalue weighted by molar-refractivity contribution is 6.36. The third-order valence-electron chi connectivity index (χ3n) is 3.74. The van der Waals surface area contributed by atoms with Gasteiger partial charge >= 0.3 is 0 Å². The maximum absolute atomic E-state index is 12.6. The van der Waals surface area contributed by atoms with Crippen LogP contribution in [0.25, 0.3) is 0 Å². The molecule has 138 valence electrons. The second-order valence-corrected chi connectivity index (χ2v) is 6.96. The number of hydrogen-bond acceptors (Lipinski definition) is 3. The molecular weight excluding hydrogens is 375 g/mol. The Morgan fingerprint density at radius 2 is 1.62 bits per heavy atom. The molecule has 2 rings (SSSR count). The molecule has 5 nitrogen and oxygen atoms in total. The standard InChI is InChI=1S/C19H20Cl2N2O3/c1-4-26-14-8-6-13(7-9-14)22-17(24)19(2,3)18(25)23-16-10-5-12(20)11-15(16)21/h5-11H,4H2,1-3H3,(H,22,24)(H,23,25). The van der Waals surface area contributed by atoms with Gasteiger partial charge in [0.1, 0.15) is 11.2 Å². The van der Waals surface area contributed by atoms with E-state index >= 15 is 0 Å². The zero-order valence-corrected chi connectivity index (χ0v) is 16.2. The molecule has 2 amide bonds. The number of halogens is 2. The zero-order valence-electron chi connectivity index (χ0n) is 14.7. The quantitative estimate of drug-likeness (QED) is 0.677. The minimum absolute atomic E-state index is 0.300. The monoisotopic (exact) mass is 394 g/mol. The van der Waals surface area contributed by atoms with Gasteiger partial charge in [0.05, 0.1) is 17.3 Å². The van der Waals surface area contributed by atoms with Crippen LogP contribution in [0.2, 0.25) is 10.0 Å². The Kier molecular flexibility index (Phi) is 6.51. The van der Waals surface area contributed by atoms with Gasteiger partial charge in [-0.05, 0) is 63.2 Å². The minimum atomic E-state index is -1.32. The average Bonchev–Trinajstić information content (AvgIpc) is 2.59. The molecule has 0 radical (unpaired) electrons. The van der Waals surface area contributed by atoms with Crippen molar-refractivity contribution in [3.05, 3.63) is 52.5 Å². The first kappa shape index (κ1) is 20.1. The number of hydrogen-bond donors (Lipinski definition) is 2. The van der Waals surface area contributed by atoms with Crippen LogP contribution in [-0.2, 0) is 9.59 Å². The summed E-state index contributed by atoms with van der Waals surface area (Å²) in [5.41, 5.74) is -0.353. The van der Waals surface area contributed by atoms with Crippen LogP contribution >= 0.6 is 23.2 Å². The van der Waals surface area contributed by atoms with E-state index in [1.165, 1.54) is 19.9 Å². The fourth-order valence-corrected chi connectivity index (χ4v) is 2.52. The Balaban J connectivity index is 2.07. The first-order chi connectivity index (χ1) is 12.2. The van der Waals surface area contributed by atoms with Crippen LogP contribution in [0, 0.1) is 5.41 Å². The van der Waals surface area contributed by atoms with E-state index in [-0.39, 0.29) is 0 Å². The summed E-state index contributed by atoms with van der Waals surface area (Å²) >= 11 is 11.9. The Bertz CT molecular complexity index is 805. The summed E-state index contributed by atoms with van der Waals surface area (Å²) in [5, 5.41) is 6.15. The summed E-state index contributed by atoms with van der Waals surface area (Å²) in [7, 11) is 0. The molecule has 0 aromatic heterocycles. The Hall–Kier alpha value is -2.24. The summed E-state index contributed by atoms with van der Waals surface area (Å²) in [4.78, 5) is 25.1. The summed E-state index contributed by atoms with van der Waals surface area (Å²) < 4.78 is 5.36. The highest BCUT2D eigenvalue weighted by Crippen LogP contribution is 2.28. The largest absolute Gasteiger partial charge is 0.494 e. The highest BCUT2D eigenvalue weighted by atomic mass is 35.5. The van der Waals surface area contributed by atoms with Gasteiger partial charge in [0.25, 0.3) is 0 Å². The second-order valence-electron chi connectivity index (χ2n) is 6.11. The number of anilines is 2. The zero-order chi connectivity index (χ0) is 19.3. The van der Waals surface area contributed by atoms with Crippen LogP contribution in [0.15, 0.2) is 42.5 Å². The van der Waals surface area contributed by atoms with E-state index in [1.807, 2.05) is 6.92 Å². The molecule has 2 aromatic rings. The highest BCUT2D eigenvalue weighted by Gasteiger charge is 2.36. The number of benzene rings is 2. The van der Waals surface area contributed by atoms with Gasteiger partial charge in [-0.25, -0.2) is 0 Å². The van der Waals surface area contributed by atoms with E-state index in [0.29, 0.717) is 33.8 Å². The van der Waals surface area contributed by atoms with Gasteiger partial charge < -0.3 is 15.4 Å². The number of rotatable bonds is 6. The maximum atomic E-state index is 12.6. The molecule has 0 spiro atoms. The van der Waals surface area contributed by atoms with E-state index in [0.717, 1.165) is 0 Å². The van der Waals surface area contributed by atoms with Crippen LogP contribution < -0.4 is 15.4 Å². The van der Waals surface area contributed by atoms with E-state index in [1.54, 1.807) is 36.4 Å². The van der Waals surface area contributed by atoms with Crippen molar-refractivity contribution in [2.75, 3.05) is 17.2 Å². The van der Waals surface area contributed by atoms with Gasteiger partial charge in [0, 0.05) is 10.7 Å². The van der Waals surface area contributed by atoms with Crippen molar-refractivity contribution >= 4 is 46.4 Å². The van der Waals surface area contributed by atoms with Crippen LogP contribution in [0.4, 0.5) is 11.4 Å². The molecule has 7 heteroatoms. The van der Waals surface area contributed by atoms with Crippen LogP contribution in [0.3, 0.4) is 0 Å². The average molecular weight is 395 g/mol. The molecule has 0 saturated heterocycles. The maximum Gasteiger partial charge on any atom is 0.239 e. The number of nitrogens with one attached hydrogen (secondary N) is 2. The molecule has 26 heavy (non-hydrogen) atoms. The molecule has 0 fully saturated rings. The van der Waals surface area contributed by atoms with Crippen molar-refractivity contribution in [3.8, 4) is 5.75 Å². The summed E-state index contributed by atoms with van der Waals surface area (Å²) in [6, 6.07) is 11.6. The van der Waals surface area contributed by atoms with Crippen LogP contribution in [0.5, 0.6) is 5.75 Å². The Morgan fingerprint density at radius 3 is 2.19 bits per heavy atom. The number of ether oxygens (including phenoxy) is 1. The molecule has 0 saturated carbocycles. The second kappa shape index (κ2) is 8.43. The van der Waals surface area contributed by atoms with Gasteiger partial charge in [-0.3, -0.25) is 9.59 Å². The lowest BCUT2D eigenvalue weighted by Crippen LogP contribution is -2.41. The van der Waals surface area contributed by atoms with Crippen molar-refractivity contribution in [2.24, 2.45) is 5.41 Å². The molecule has 0 aliphatic heterocycles. The molecule has 2 aromatic carbocycles. The predicted molar refractivity (Wildman–Crippen MR) is 105 cm³/mol. The number of carbonyl (C=O) groups excluding carboxylic acids is 2. The van der Waals surface area contributed by atoms with Gasteiger partial charge in [0.2, 0.25) is 11.8 Å². The summed E-state index contributed by atoms with van der Waals surface area (Å²) in [6.45, 7) is 5.53. The lowest BCUT2D eigenvalue weighted by Gasteiger charge is -2.23. The third-order valence-corrected chi connectivity index (χ3v) is 4.29. The van der Waals surface area contributed by atoms with E-state index in [2.05, 4.69) is 10.6 Å². The molecule has 0 unspecified atom stereocenters. The summed E-state index contributed by atoms with van der Waals surface area (Å²) in [5.74, 6) is -0.214. The van der Waals surface area contributed by atoms with Crippen LogP contribution in [0.1, 0.15) is 20.8 Å².